The minimum Gasteiger partial charge on any atom is -0.370 e. The van der Waals surface area contributed by atoms with Crippen LogP contribution >= 0.6 is 11.8 Å². The molecule has 28 heteroatoms. The zero-order valence-electron chi connectivity index (χ0n) is 48.2. The van der Waals surface area contributed by atoms with Gasteiger partial charge in [-0.05, 0) is 80.3 Å². The van der Waals surface area contributed by atoms with Crippen LogP contribution in [0.25, 0.3) is 10.9 Å². The number of aromatic amines is 2. The summed E-state index contributed by atoms with van der Waals surface area (Å²) in [4.78, 5) is 161. The molecule has 4 heterocycles. The van der Waals surface area contributed by atoms with Crippen molar-refractivity contribution in [3.8, 4) is 0 Å². The molecule has 2 aromatic carbocycles. The number of halogens is 1. The zero-order chi connectivity index (χ0) is 61.9. The molecule has 15 N–H and O–H groups in total. The number of primary amides is 2. The number of fused-ring (bicyclic) bond motifs is 1. The van der Waals surface area contributed by atoms with Crippen LogP contribution in [-0.4, -0.2) is 164 Å². The van der Waals surface area contributed by atoms with E-state index in [1.165, 1.54) is 60.5 Å². The average Bonchev–Trinajstić information content (AvgIpc) is 3.40. The number of thioether (sulfide) groups is 1. The van der Waals surface area contributed by atoms with Crippen LogP contribution in [0.1, 0.15) is 90.0 Å². The largest absolute Gasteiger partial charge is 0.370 e. The second-order valence-electron chi connectivity index (χ2n) is 22.1. The fourth-order valence-corrected chi connectivity index (χ4v) is 11.0. The van der Waals surface area contributed by atoms with Gasteiger partial charge in [0.15, 0.2) is 0 Å². The molecule has 2 aliphatic heterocycles. The Kier molecular flexibility index (Phi) is 24.4. The molecule has 9 atom stereocenters. The first-order chi connectivity index (χ1) is 40.5. The van der Waals surface area contributed by atoms with Gasteiger partial charge >= 0.3 is 0 Å². The third kappa shape index (κ3) is 19.6. The number of piperidine rings is 1. The Morgan fingerprint density at radius 1 is 0.729 bits per heavy atom. The summed E-state index contributed by atoms with van der Waals surface area (Å²) in [5.41, 5.74) is 13.1. The molecular weight excluding hydrogens is 1120 g/mol. The number of carbonyl (C=O) groups is 11. The van der Waals surface area contributed by atoms with Gasteiger partial charge in [-0.1, -0.05) is 64.4 Å². The van der Waals surface area contributed by atoms with E-state index in [0.29, 0.717) is 46.4 Å². The van der Waals surface area contributed by atoms with Crippen molar-refractivity contribution in [1.82, 2.24) is 67.7 Å². The summed E-state index contributed by atoms with van der Waals surface area (Å²) >= 11 is 1.35. The van der Waals surface area contributed by atoms with Crippen molar-refractivity contribution < 1.29 is 57.1 Å². The fraction of sp³-hybridized carbons (Fsp3) is 0.509. The van der Waals surface area contributed by atoms with Crippen molar-refractivity contribution in [3.63, 3.8) is 0 Å². The first-order valence-electron chi connectivity index (χ1n) is 28.3. The summed E-state index contributed by atoms with van der Waals surface area (Å²) < 4.78 is 14.6. The van der Waals surface area contributed by atoms with E-state index in [-0.39, 0.29) is 50.3 Å². The highest BCUT2D eigenvalue weighted by molar-refractivity contribution is 7.99. The van der Waals surface area contributed by atoms with E-state index < -0.39 is 138 Å². The normalized spacial score (nSPS) is 17.5. The molecule has 0 saturated carbocycles. The lowest BCUT2D eigenvalue weighted by molar-refractivity contribution is -0.141. The first kappa shape index (κ1) is 65.7. The molecule has 0 aliphatic carbocycles. The number of nitrogens with one attached hydrogen (secondary N) is 11. The quantitative estimate of drug-likeness (QED) is 0.0301. The molecule has 85 heavy (non-hydrogen) atoms. The van der Waals surface area contributed by atoms with Gasteiger partial charge in [-0.25, -0.2) is 9.37 Å². The van der Waals surface area contributed by atoms with Crippen LogP contribution in [0.5, 0.6) is 0 Å². The van der Waals surface area contributed by atoms with E-state index >= 15 is 0 Å². The van der Waals surface area contributed by atoms with E-state index in [0.717, 1.165) is 12.8 Å². The maximum atomic E-state index is 14.6. The van der Waals surface area contributed by atoms with Gasteiger partial charge in [0.1, 0.15) is 54.2 Å². The van der Waals surface area contributed by atoms with E-state index in [4.69, 9.17) is 11.5 Å². The SMILES string of the molecule is CC(C)C[C@H](NC(=O)[C@H](Cc1cnc[nH]1)NC(=O)CNC(=O)[C@@H](NC(=O)[C@H](C)NC(=O)[C@H](Cc1c[nH]c2ccc(F)cc12)NC(=O)[C@H](CCC(N)=O)NC(=O)[C@@H](Cc1ccccc1)NC(=O)[C@@H]1CCCCN1)C(C)C)C(=O)N1CSC[C@H]1C(N)=O. The second-order valence-corrected chi connectivity index (χ2v) is 23.1. The molecule has 4 aromatic rings. The highest BCUT2D eigenvalue weighted by atomic mass is 32.2. The van der Waals surface area contributed by atoms with Crippen molar-refractivity contribution in [2.24, 2.45) is 23.3 Å². The van der Waals surface area contributed by atoms with E-state index in [2.05, 4.69) is 62.8 Å². The summed E-state index contributed by atoms with van der Waals surface area (Å²) in [7, 11) is 0. The molecule has 6 rings (SSSR count). The van der Waals surface area contributed by atoms with Crippen LogP contribution in [0.2, 0.25) is 0 Å². The number of aromatic nitrogens is 3. The standard InChI is InChI=1S/C57H78FN15O11S/c1-30(2)19-44(57(84)73-29-85-27-45(73)49(60)76)71-55(82)43(23-36-25-61-28-65-36)67-47(75)26-64-56(83)48(31(3)4)72-50(77)32(5)66-53(80)42(21-34-24-63-38-15-14-35(58)22-37(34)38)70-52(79)40(16-17-46(59)74)68-54(81)41(20-33-11-7-6-8-12-33)69-51(78)39-13-9-10-18-62-39/h6-8,11-12,14-15,22,24-25,28,30-32,39-45,48,62-63H,9-10,13,16-21,23,26-27,29H2,1-5H3,(H2,59,74)(H2,60,76)(H,61,65)(H,64,83)(H,66,80)(H,67,75)(H,68,81)(H,69,78)(H,70,79)(H,71,82)(H,72,77)/t32-,39-,40-,41+,42-,43-,44-,45-,48-/m0/s1. The zero-order valence-corrected chi connectivity index (χ0v) is 49.0. The van der Waals surface area contributed by atoms with Crippen LogP contribution in [0.15, 0.2) is 67.3 Å². The van der Waals surface area contributed by atoms with Crippen molar-refractivity contribution in [1.29, 1.82) is 0 Å². The number of amides is 11. The Morgan fingerprint density at radius 2 is 1.40 bits per heavy atom. The lowest BCUT2D eigenvalue weighted by atomic mass is 10.0. The van der Waals surface area contributed by atoms with Crippen molar-refractivity contribution in [2.45, 2.75) is 147 Å². The molecule has 460 valence electrons. The van der Waals surface area contributed by atoms with Gasteiger partial charge in [-0.15, -0.1) is 11.8 Å². The number of benzene rings is 2. The number of nitrogens with zero attached hydrogens (tertiary/aromatic N) is 2. The topological polar surface area (TPSA) is 396 Å². The molecule has 0 radical (unpaired) electrons. The Labute approximate surface area is 495 Å². The second kappa shape index (κ2) is 31.5. The number of H-pyrrole nitrogens is 2. The van der Waals surface area contributed by atoms with Crippen LogP contribution in [0, 0.1) is 17.7 Å². The third-order valence-corrected chi connectivity index (χ3v) is 15.5. The van der Waals surface area contributed by atoms with Crippen molar-refractivity contribution in [3.05, 3.63) is 89.9 Å². The highest BCUT2D eigenvalue weighted by Crippen LogP contribution is 2.24. The summed E-state index contributed by atoms with van der Waals surface area (Å²) in [6.45, 7) is 8.21. The Balaban J connectivity index is 1.14. The lowest BCUT2D eigenvalue weighted by Crippen LogP contribution is -2.60. The predicted octanol–water partition coefficient (Wildman–Crippen LogP) is -0.916. The molecule has 2 aromatic heterocycles. The average molecular weight is 1200 g/mol. The number of rotatable bonds is 30. The maximum absolute atomic E-state index is 14.6. The van der Waals surface area contributed by atoms with E-state index in [1.54, 1.807) is 44.2 Å². The molecule has 11 amide bonds. The third-order valence-electron chi connectivity index (χ3n) is 14.5. The highest BCUT2D eigenvalue weighted by Gasteiger charge is 2.39. The van der Waals surface area contributed by atoms with Crippen LogP contribution in [0.4, 0.5) is 4.39 Å². The Hall–Kier alpha value is -8.40. The first-order valence-corrected chi connectivity index (χ1v) is 29.5. The van der Waals surface area contributed by atoms with Crippen LogP contribution in [0.3, 0.4) is 0 Å². The number of hydrogen-bond acceptors (Lipinski definition) is 14. The molecular formula is C57H78FN15O11S. The number of hydrogen-bond donors (Lipinski definition) is 13. The van der Waals surface area contributed by atoms with Gasteiger partial charge in [-0.2, -0.15) is 0 Å². The maximum Gasteiger partial charge on any atom is 0.246 e. The Morgan fingerprint density at radius 3 is 2.05 bits per heavy atom. The van der Waals surface area contributed by atoms with Gasteiger partial charge in [0.05, 0.1) is 24.8 Å². The smallest absolute Gasteiger partial charge is 0.246 e. The number of carbonyl (C=O) groups excluding carboxylic acids is 11. The van der Waals surface area contributed by atoms with Crippen LogP contribution in [-0.2, 0) is 72.0 Å². The minimum absolute atomic E-state index is 0.0340. The summed E-state index contributed by atoms with van der Waals surface area (Å²) in [6.07, 6.45) is 5.72. The summed E-state index contributed by atoms with van der Waals surface area (Å²) in [5, 5.41) is 24.7. The van der Waals surface area contributed by atoms with Gasteiger partial charge in [0.2, 0.25) is 65.0 Å². The lowest BCUT2D eigenvalue weighted by Gasteiger charge is -2.29. The molecule has 2 saturated heterocycles. The molecule has 2 fully saturated rings. The van der Waals surface area contributed by atoms with Gasteiger partial charge < -0.3 is 74.2 Å². The van der Waals surface area contributed by atoms with Crippen LogP contribution < -0.4 is 59.3 Å². The van der Waals surface area contributed by atoms with Gasteiger partial charge in [-0.3, -0.25) is 52.7 Å². The summed E-state index contributed by atoms with van der Waals surface area (Å²) in [5.74, 6) is -9.00. The number of imidazole rings is 1. The molecule has 26 nitrogen and oxygen atoms in total. The predicted molar refractivity (Wildman–Crippen MR) is 312 cm³/mol. The van der Waals surface area contributed by atoms with E-state index in [9.17, 15) is 57.1 Å². The fourth-order valence-electron chi connectivity index (χ4n) is 9.86. The molecule has 2 aliphatic rings. The number of nitrogens with two attached hydrogens (primary N) is 2. The Bertz CT molecular complexity index is 3010. The summed E-state index contributed by atoms with van der Waals surface area (Å²) in [6, 6.07) is 2.13. The monoisotopic (exact) mass is 1200 g/mol. The molecule has 0 bridgehead atoms. The molecule has 0 spiro atoms. The molecule has 0 unspecified atom stereocenters. The van der Waals surface area contributed by atoms with Gasteiger partial charge in [0, 0.05) is 60.4 Å². The van der Waals surface area contributed by atoms with Crippen molar-refractivity contribution >= 4 is 87.6 Å². The van der Waals surface area contributed by atoms with E-state index in [1.807, 2.05) is 13.8 Å². The van der Waals surface area contributed by atoms with Gasteiger partial charge in [0.25, 0.3) is 0 Å². The van der Waals surface area contributed by atoms with Crippen molar-refractivity contribution in [2.75, 3.05) is 24.7 Å². The minimum atomic E-state index is -1.53.